The highest BCUT2D eigenvalue weighted by Crippen LogP contribution is 2.26. The molecular formula is C15H28N2O. The average Bonchev–Trinajstić information content (AvgIpc) is 2.37. The van der Waals surface area contributed by atoms with Crippen molar-refractivity contribution in [3.63, 3.8) is 0 Å². The van der Waals surface area contributed by atoms with Gasteiger partial charge in [-0.1, -0.05) is 32.1 Å². The molecule has 3 heteroatoms. The molecule has 104 valence electrons. The van der Waals surface area contributed by atoms with Crippen LogP contribution in [0.5, 0.6) is 0 Å². The highest BCUT2D eigenvalue weighted by atomic mass is 16.2. The minimum Gasteiger partial charge on any atom is -0.338 e. The Balaban J connectivity index is 1.94. The molecule has 1 saturated carbocycles. The molecule has 2 fully saturated rings. The molecule has 1 atom stereocenters. The van der Waals surface area contributed by atoms with Crippen molar-refractivity contribution in [1.82, 2.24) is 4.90 Å². The standard InChI is InChI=1S/C15H28N2O/c16-12-14-10-6-7-11-17(14)15(18)13-8-4-2-1-3-5-9-13/h13-14H,1-12,16H2. The molecule has 1 aliphatic carbocycles. The first-order valence-corrected chi connectivity index (χ1v) is 7.83. The van der Waals surface area contributed by atoms with E-state index in [1.54, 1.807) is 0 Å². The molecular weight excluding hydrogens is 224 g/mol. The summed E-state index contributed by atoms with van der Waals surface area (Å²) in [4.78, 5) is 14.8. The summed E-state index contributed by atoms with van der Waals surface area (Å²) < 4.78 is 0. The summed E-state index contributed by atoms with van der Waals surface area (Å²) in [6, 6.07) is 0.316. The number of nitrogens with zero attached hydrogens (tertiary/aromatic N) is 1. The van der Waals surface area contributed by atoms with E-state index in [4.69, 9.17) is 5.73 Å². The Morgan fingerprint density at radius 3 is 2.22 bits per heavy atom. The van der Waals surface area contributed by atoms with Crippen molar-refractivity contribution in [3.05, 3.63) is 0 Å². The predicted octanol–water partition coefficient (Wildman–Crippen LogP) is 2.69. The predicted molar refractivity (Wildman–Crippen MR) is 74.2 cm³/mol. The Labute approximate surface area is 111 Å². The summed E-state index contributed by atoms with van der Waals surface area (Å²) in [6.45, 7) is 1.58. The third kappa shape index (κ3) is 3.47. The monoisotopic (exact) mass is 252 g/mol. The number of rotatable bonds is 2. The summed E-state index contributed by atoms with van der Waals surface area (Å²) in [7, 11) is 0. The number of carbonyl (C=O) groups excluding carboxylic acids is 1. The number of amides is 1. The maximum absolute atomic E-state index is 12.7. The Kier molecular flexibility index (Phi) is 5.48. The first-order valence-electron chi connectivity index (χ1n) is 7.83. The summed E-state index contributed by atoms with van der Waals surface area (Å²) in [5.41, 5.74) is 5.82. The molecule has 0 aromatic carbocycles. The van der Waals surface area contributed by atoms with E-state index in [1.165, 1.54) is 38.5 Å². The summed E-state index contributed by atoms with van der Waals surface area (Å²) in [6.07, 6.45) is 12.2. The van der Waals surface area contributed by atoms with Gasteiger partial charge in [0, 0.05) is 25.0 Å². The van der Waals surface area contributed by atoms with E-state index in [0.29, 0.717) is 18.5 Å². The van der Waals surface area contributed by atoms with Crippen LogP contribution in [0.1, 0.15) is 64.2 Å². The van der Waals surface area contributed by atoms with Gasteiger partial charge in [-0.15, -0.1) is 0 Å². The largest absolute Gasteiger partial charge is 0.338 e. The third-order valence-electron chi connectivity index (χ3n) is 4.64. The van der Waals surface area contributed by atoms with Gasteiger partial charge in [0.25, 0.3) is 0 Å². The van der Waals surface area contributed by atoms with Crippen molar-refractivity contribution in [2.45, 2.75) is 70.3 Å². The van der Waals surface area contributed by atoms with Crippen LogP contribution in [0, 0.1) is 5.92 Å². The molecule has 18 heavy (non-hydrogen) atoms. The van der Waals surface area contributed by atoms with E-state index in [0.717, 1.165) is 32.2 Å². The molecule has 2 aliphatic rings. The molecule has 0 bridgehead atoms. The van der Waals surface area contributed by atoms with Crippen LogP contribution in [0.15, 0.2) is 0 Å². The fourth-order valence-electron chi connectivity index (χ4n) is 3.47. The van der Waals surface area contributed by atoms with Crippen LogP contribution < -0.4 is 5.73 Å². The smallest absolute Gasteiger partial charge is 0.225 e. The molecule has 0 spiro atoms. The molecule has 1 heterocycles. The molecule has 2 rings (SSSR count). The zero-order valence-corrected chi connectivity index (χ0v) is 11.6. The maximum Gasteiger partial charge on any atom is 0.225 e. The van der Waals surface area contributed by atoms with Crippen LogP contribution >= 0.6 is 0 Å². The SMILES string of the molecule is NCC1CCCCN1C(=O)C1CCCCCCC1. The molecule has 1 amide bonds. The first-order chi connectivity index (χ1) is 8.83. The Morgan fingerprint density at radius 1 is 0.944 bits per heavy atom. The van der Waals surface area contributed by atoms with Gasteiger partial charge in [-0.2, -0.15) is 0 Å². The van der Waals surface area contributed by atoms with Crippen LogP contribution in [0.25, 0.3) is 0 Å². The van der Waals surface area contributed by atoms with Gasteiger partial charge in [0.05, 0.1) is 0 Å². The Hall–Kier alpha value is -0.570. The number of hydrogen-bond acceptors (Lipinski definition) is 2. The summed E-state index contributed by atoms with van der Waals surface area (Å²) in [5, 5.41) is 0. The number of likely N-dealkylation sites (tertiary alicyclic amines) is 1. The number of carbonyl (C=O) groups is 1. The second kappa shape index (κ2) is 7.13. The average molecular weight is 252 g/mol. The third-order valence-corrected chi connectivity index (χ3v) is 4.64. The lowest BCUT2D eigenvalue weighted by atomic mass is 9.89. The van der Waals surface area contributed by atoms with E-state index in [2.05, 4.69) is 4.90 Å². The molecule has 3 nitrogen and oxygen atoms in total. The van der Waals surface area contributed by atoms with E-state index in [9.17, 15) is 4.79 Å². The summed E-state index contributed by atoms with van der Waals surface area (Å²) in [5.74, 6) is 0.699. The van der Waals surface area contributed by atoms with Gasteiger partial charge in [0.15, 0.2) is 0 Å². The highest BCUT2D eigenvalue weighted by molar-refractivity contribution is 5.79. The van der Waals surface area contributed by atoms with Gasteiger partial charge in [0.2, 0.25) is 5.91 Å². The summed E-state index contributed by atoms with van der Waals surface area (Å²) >= 11 is 0. The van der Waals surface area contributed by atoms with Crippen molar-refractivity contribution in [2.24, 2.45) is 11.7 Å². The minimum absolute atomic E-state index is 0.289. The highest BCUT2D eigenvalue weighted by Gasteiger charge is 2.30. The second-order valence-corrected chi connectivity index (χ2v) is 5.96. The van der Waals surface area contributed by atoms with Crippen LogP contribution in [0.4, 0.5) is 0 Å². The fourth-order valence-corrected chi connectivity index (χ4v) is 3.47. The molecule has 0 aromatic rings. The van der Waals surface area contributed by atoms with Crippen LogP contribution in [0.3, 0.4) is 0 Å². The number of piperidine rings is 1. The topological polar surface area (TPSA) is 46.3 Å². The first kappa shape index (κ1) is 13.9. The molecule has 1 unspecified atom stereocenters. The van der Waals surface area contributed by atoms with Gasteiger partial charge in [-0.25, -0.2) is 0 Å². The van der Waals surface area contributed by atoms with E-state index < -0.39 is 0 Å². The van der Waals surface area contributed by atoms with Crippen molar-refractivity contribution in [2.75, 3.05) is 13.1 Å². The Bertz CT molecular complexity index is 259. The van der Waals surface area contributed by atoms with Crippen molar-refractivity contribution in [3.8, 4) is 0 Å². The lowest BCUT2D eigenvalue weighted by molar-refractivity contribution is -0.139. The molecule has 1 saturated heterocycles. The number of hydrogen-bond donors (Lipinski definition) is 1. The van der Waals surface area contributed by atoms with Gasteiger partial charge in [-0.3, -0.25) is 4.79 Å². The lowest BCUT2D eigenvalue weighted by Gasteiger charge is -2.37. The van der Waals surface area contributed by atoms with Gasteiger partial charge >= 0.3 is 0 Å². The number of nitrogens with two attached hydrogens (primary N) is 1. The normalized spacial score (nSPS) is 27.6. The maximum atomic E-state index is 12.7. The quantitative estimate of drug-likeness (QED) is 0.821. The van der Waals surface area contributed by atoms with Crippen molar-refractivity contribution < 1.29 is 4.79 Å². The van der Waals surface area contributed by atoms with Crippen molar-refractivity contribution in [1.29, 1.82) is 0 Å². The zero-order valence-electron chi connectivity index (χ0n) is 11.6. The minimum atomic E-state index is 0.289. The second-order valence-electron chi connectivity index (χ2n) is 5.96. The van der Waals surface area contributed by atoms with Gasteiger partial charge in [-0.05, 0) is 32.1 Å². The van der Waals surface area contributed by atoms with E-state index in [-0.39, 0.29) is 5.92 Å². The molecule has 0 aromatic heterocycles. The van der Waals surface area contributed by atoms with Gasteiger partial charge < -0.3 is 10.6 Å². The molecule has 0 radical (unpaired) electrons. The van der Waals surface area contributed by atoms with E-state index >= 15 is 0 Å². The van der Waals surface area contributed by atoms with Gasteiger partial charge in [0.1, 0.15) is 0 Å². The van der Waals surface area contributed by atoms with Crippen molar-refractivity contribution >= 4 is 5.91 Å². The zero-order chi connectivity index (χ0) is 12.8. The van der Waals surface area contributed by atoms with Crippen LogP contribution in [0.2, 0.25) is 0 Å². The lowest BCUT2D eigenvalue weighted by Crippen LogP contribution is -2.49. The fraction of sp³-hybridized carbons (Fsp3) is 0.933. The Morgan fingerprint density at radius 2 is 1.56 bits per heavy atom. The molecule has 2 N–H and O–H groups in total. The van der Waals surface area contributed by atoms with E-state index in [1.807, 2.05) is 0 Å². The van der Waals surface area contributed by atoms with Crippen LogP contribution in [-0.2, 0) is 4.79 Å². The molecule has 1 aliphatic heterocycles. The van der Waals surface area contributed by atoms with Crippen LogP contribution in [-0.4, -0.2) is 29.9 Å².